The number of hydrogen-bond donors (Lipinski definition) is 1. The van der Waals surface area contributed by atoms with E-state index in [0.717, 1.165) is 0 Å². The molecule has 0 amide bonds. The zero-order chi connectivity index (χ0) is 15.4. The van der Waals surface area contributed by atoms with Crippen molar-refractivity contribution in [2.24, 2.45) is 0 Å². The molecule has 0 unspecified atom stereocenters. The first-order valence-electron chi connectivity index (χ1n) is 6.20. The number of halogens is 2. The van der Waals surface area contributed by atoms with E-state index in [2.05, 4.69) is 0 Å². The number of esters is 1. The molecule has 110 valence electrons. The van der Waals surface area contributed by atoms with Crippen LogP contribution < -0.4 is 10.5 Å². The number of rotatable bonds is 4. The van der Waals surface area contributed by atoms with E-state index < -0.39 is 5.97 Å². The molecule has 2 aromatic rings. The summed E-state index contributed by atoms with van der Waals surface area (Å²) in [7, 11) is 0. The number of nitrogens with two attached hydrogens (primary N) is 1. The predicted octanol–water partition coefficient (Wildman–Crippen LogP) is 4.54. The fraction of sp³-hybridized carbons (Fsp3) is 0.133. The number of carbonyl (C=O) groups excluding carboxylic acids is 1. The summed E-state index contributed by atoms with van der Waals surface area (Å²) in [6, 6.07) is 9.50. The minimum Gasteiger partial charge on any atom is -0.462 e. The second-order valence-electron chi connectivity index (χ2n) is 4.18. The van der Waals surface area contributed by atoms with Gasteiger partial charge in [0.1, 0.15) is 17.1 Å². The lowest BCUT2D eigenvalue weighted by Crippen LogP contribution is -2.07. The minimum absolute atomic E-state index is 0.243. The Bertz CT molecular complexity index is 654. The Morgan fingerprint density at radius 1 is 1.14 bits per heavy atom. The number of ether oxygens (including phenoxy) is 2. The normalized spacial score (nSPS) is 10.2. The van der Waals surface area contributed by atoms with Gasteiger partial charge >= 0.3 is 5.97 Å². The van der Waals surface area contributed by atoms with Gasteiger partial charge in [0.15, 0.2) is 0 Å². The van der Waals surface area contributed by atoms with Crippen molar-refractivity contribution in [1.82, 2.24) is 0 Å². The zero-order valence-electron chi connectivity index (χ0n) is 11.2. The maximum atomic E-state index is 11.9. The van der Waals surface area contributed by atoms with Crippen molar-refractivity contribution in [1.29, 1.82) is 0 Å². The molecule has 0 aliphatic heterocycles. The first-order chi connectivity index (χ1) is 9.99. The second kappa shape index (κ2) is 6.70. The van der Waals surface area contributed by atoms with E-state index in [9.17, 15) is 4.79 Å². The van der Waals surface area contributed by atoms with Gasteiger partial charge in [-0.2, -0.15) is 0 Å². The molecular formula is C15H13Cl2NO3. The summed E-state index contributed by atoms with van der Waals surface area (Å²) < 4.78 is 10.7. The van der Waals surface area contributed by atoms with E-state index in [4.69, 9.17) is 38.4 Å². The number of benzene rings is 2. The van der Waals surface area contributed by atoms with Crippen LogP contribution in [0.4, 0.5) is 5.69 Å². The average Bonchev–Trinajstić information content (AvgIpc) is 2.40. The average molecular weight is 326 g/mol. The Morgan fingerprint density at radius 2 is 1.81 bits per heavy atom. The lowest BCUT2D eigenvalue weighted by molar-refractivity contribution is 0.0523. The number of anilines is 1. The van der Waals surface area contributed by atoms with E-state index in [1.54, 1.807) is 37.3 Å². The number of hydrogen-bond acceptors (Lipinski definition) is 4. The van der Waals surface area contributed by atoms with Crippen LogP contribution in [-0.2, 0) is 4.74 Å². The third kappa shape index (κ3) is 4.03. The third-order valence-corrected chi connectivity index (χ3v) is 3.00. The molecule has 21 heavy (non-hydrogen) atoms. The molecule has 0 atom stereocenters. The quantitative estimate of drug-likeness (QED) is 0.662. The molecule has 4 nitrogen and oxygen atoms in total. The van der Waals surface area contributed by atoms with Crippen molar-refractivity contribution in [3.63, 3.8) is 0 Å². The summed E-state index contributed by atoms with van der Waals surface area (Å²) in [5, 5.41) is 0.872. The molecule has 0 saturated carbocycles. The summed E-state index contributed by atoms with van der Waals surface area (Å²) >= 11 is 11.8. The summed E-state index contributed by atoms with van der Waals surface area (Å²) in [5.41, 5.74) is 6.38. The summed E-state index contributed by atoms with van der Waals surface area (Å²) in [4.78, 5) is 11.9. The van der Waals surface area contributed by atoms with Gasteiger partial charge in [-0.25, -0.2) is 4.79 Å². The smallest absolute Gasteiger partial charge is 0.342 e. The van der Waals surface area contributed by atoms with Crippen molar-refractivity contribution < 1.29 is 14.3 Å². The Kier molecular flexibility index (Phi) is 4.94. The molecule has 2 N–H and O–H groups in total. The van der Waals surface area contributed by atoms with E-state index in [-0.39, 0.29) is 12.2 Å². The Balaban J connectivity index is 2.37. The van der Waals surface area contributed by atoms with Gasteiger partial charge in [0.2, 0.25) is 0 Å². The zero-order valence-corrected chi connectivity index (χ0v) is 12.7. The maximum Gasteiger partial charge on any atom is 0.342 e. The van der Waals surface area contributed by atoms with Crippen LogP contribution in [0.1, 0.15) is 17.3 Å². The van der Waals surface area contributed by atoms with Gasteiger partial charge in [0.05, 0.1) is 6.61 Å². The van der Waals surface area contributed by atoms with Crippen LogP contribution in [0, 0.1) is 0 Å². The molecule has 0 spiro atoms. The van der Waals surface area contributed by atoms with Gasteiger partial charge < -0.3 is 15.2 Å². The van der Waals surface area contributed by atoms with Crippen molar-refractivity contribution in [2.45, 2.75) is 6.92 Å². The van der Waals surface area contributed by atoms with Gasteiger partial charge in [-0.1, -0.05) is 23.2 Å². The molecule has 0 aliphatic carbocycles. The Labute approximate surface area is 132 Å². The molecule has 6 heteroatoms. The number of nitrogen functional groups attached to an aromatic ring is 1. The molecule has 0 saturated heterocycles. The van der Waals surface area contributed by atoms with E-state index in [1.165, 1.54) is 6.07 Å². The van der Waals surface area contributed by atoms with Crippen LogP contribution in [0.3, 0.4) is 0 Å². The van der Waals surface area contributed by atoms with Crippen molar-refractivity contribution in [3.8, 4) is 11.5 Å². The molecule has 0 radical (unpaired) electrons. The largest absolute Gasteiger partial charge is 0.462 e. The minimum atomic E-state index is -0.507. The van der Waals surface area contributed by atoms with Crippen molar-refractivity contribution in [2.75, 3.05) is 12.3 Å². The standard InChI is InChI=1S/C15H13Cl2NO3/c1-2-20-15(19)13-8-11(18)3-4-14(13)21-12-6-9(16)5-10(17)7-12/h3-8H,2,18H2,1H3. The van der Waals surface area contributed by atoms with Crippen LogP contribution >= 0.6 is 23.2 Å². The summed E-state index contributed by atoms with van der Waals surface area (Å²) in [6.07, 6.45) is 0. The van der Waals surface area contributed by atoms with E-state index in [1.807, 2.05) is 0 Å². The van der Waals surface area contributed by atoms with E-state index >= 15 is 0 Å². The number of carbonyl (C=O) groups is 1. The van der Waals surface area contributed by atoms with Crippen molar-refractivity contribution >= 4 is 34.9 Å². The molecule has 2 aromatic carbocycles. The Morgan fingerprint density at radius 3 is 2.43 bits per heavy atom. The summed E-state index contributed by atoms with van der Waals surface area (Å²) in [6.45, 7) is 1.98. The highest BCUT2D eigenvalue weighted by molar-refractivity contribution is 6.34. The van der Waals surface area contributed by atoms with Gasteiger partial charge in [0, 0.05) is 15.7 Å². The Hall–Kier alpha value is -1.91. The van der Waals surface area contributed by atoms with Gasteiger partial charge in [-0.3, -0.25) is 0 Å². The molecule has 0 bridgehead atoms. The lowest BCUT2D eigenvalue weighted by Gasteiger charge is -2.11. The maximum absolute atomic E-state index is 11.9. The van der Waals surface area contributed by atoms with Gasteiger partial charge in [-0.05, 0) is 43.3 Å². The van der Waals surface area contributed by atoms with Gasteiger partial charge in [-0.15, -0.1) is 0 Å². The highest BCUT2D eigenvalue weighted by Gasteiger charge is 2.15. The fourth-order valence-corrected chi connectivity index (χ4v) is 2.23. The second-order valence-corrected chi connectivity index (χ2v) is 5.06. The monoisotopic (exact) mass is 325 g/mol. The predicted molar refractivity (Wildman–Crippen MR) is 83.3 cm³/mol. The first-order valence-corrected chi connectivity index (χ1v) is 6.95. The highest BCUT2D eigenvalue weighted by atomic mass is 35.5. The van der Waals surface area contributed by atoms with Crippen LogP contribution in [-0.4, -0.2) is 12.6 Å². The third-order valence-electron chi connectivity index (χ3n) is 2.56. The molecule has 0 heterocycles. The molecule has 0 aliphatic rings. The van der Waals surface area contributed by atoms with Gasteiger partial charge in [0.25, 0.3) is 0 Å². The lowest BCUT2D eigenvalue weighted by atomic mass is 10.2. The fourth-order valence-electron chi connectivity index (χ4n) is 1.72. The van der Waals surface area contributed by atoms with Crippen LogP contribution in [0.15, 0.2) is 36.4 Å². The topological polar surface area (TPSA) is 61.5 Å². The van der Waals surface area contributed by atoms with E-state index in [0.29, 0.717) is 27.2 Å². The molecule has 0 aromatic heterocycles. The van der Waals surface area contributed by atoms with Crippen LogP contribution in [0.2, 0.25) is 10.0 Å². The summed E-state index contributed by atoms with van der Waals surface area (Å²) in [5.74, 6) is 0.233. The van der Waals surface area contributed by atoms with Crippen LogP contribution in [0.25, 0.3) is 0 Å². The molecule has 0 fully saturated rings. The molecule has 2 rings (SSSR count). The van der Waals surface area contributed by atoms with Crippen LogP contribution in [0.5, 0.6) is 11.5 Å². The van der Waals surface area contributed by atoms with Crippen molar-refractivity contribution in [3.05, 3.63) is 52.0 Å². The first kappa shape index (κ1) is 15.5. The highest BCUT2D eigenvalue weighted by Crippen LogP contribution is 2.31. The SMILES string of the molecule is CCOC(=O)c1cc(N)ccc1Oc1cc(Cl)cc(Cl)c1. The molecular weight excluding hydrogens is 313 g/mol.